The van der Waals surface area contributed by atoms with Crippen molar-refractivity contribution in [3.8, 4) is 0 Å². The van der Waals surface area contributed by atoms with E-state index in [9.17, 15) is 14.4 Å². The molecule has 0 saturated carbocycles. The lowest BCUT2D eigenvalue weighted by Gasteiger charge is -2.11. The highest BCUT2D eigenvalue weighted by Crippen LogP contribution is 2.14. The predicted octanol–water partition coefficient (Wildman–Crippen LogP) is 5.87. The van der Waals surface area contributed by atoms with E-state index in [4.69, 9.17) is 5.11 Å². The van der Waals surface area contributed by atoms with Gasteiger partial charge in [0.05, 0.1) is 0 Å². The van der Waals surface area contributed by atoms with Crippen molar-refractivity contribution in [3.05, 3.63) is 12.2 Å². The largest absolute Gasteiger partial charge is 0.480 e. The molecule has 0 rings (SSSR count). The Morgan fingerprint density at radius 2 is 1.38 bits per heavy atom. The number of carbonyl (C=O) groups excluding carboxylic acids is 2. The quantitative estimate of drug-likeness (QED) is 0.199. The van der Waals surface area contributed by atoms with Crippen LogP contribution in [0.4, 0.5) is 0 Å². The van der Waals surface area contributed by atoms with Crippen molar-refractivity contribution in [2.45, 2.75) is 110 Å². The molecule has 0 aliphatic heterocycles. The summed E-state index contributed by atoms with van der Waals surface area (Å²) < 4.78 is 0. The van der Waals surface area contributed by atoms with Gasteiger partial charge >= 0.3 is 5.97 Å². The summed E-state index contributed by atoms with van der Waals surface area (Å²) in [7, 11) is 0. The zero-order valence-electron chi connectivity index (χ0n) is 18.4. The van der Waals surface area contributed by atoms with E-state index in [1.807, 2.05) is 0 Å². The van der Waals surface area contributed by atoms with Crippen LogP contribution < -0.4 is 5.32 Å². The van der Waals surface area contributed by atoms with Crippen LogP contribution in [0.5, 0.6) is 0 Å². The van der Waals surface area contributed by atoms with Gasteiger partial charge in [0.1, 0.15) is 6.04 Å². The van der Waals surface area contributed by atoms with Gasteiger partial charge in [-0.2, -0.15) is 0 Å². The molecule has 0 bridgehead atoms. The van der Waals surface area contributed by atoms with Crippen LogP contribution in [0.3, 0.4) is 0 Å². The number of rotatable bonds is 19. The molecule has 29 heavy (non-hydrogen) atoms. The number of hydrogen-bond donors (Lipinski definition) is 2. The highest BCUT2D eigenvalue weighted by Gasteiger charge is 2.19. The maximum atomic E-state index is 11.8. The van der Waals surface area contributed by atoms with E-state index in [1.165, 1.54) is 64.7 Å². The first-order chi connectivity index (χ1) is 14.0. The Labute approximate surface area is 181 Å². The van der Waals surface area contributed by atoms with Crippen LogP contribution in [0.15, 0.2) is 12.2 Å². The number of aliphatic carboxylic acids is 1. The number of unbranched alkanes of at least 4 members (excludes halogenated alkanes) is 11. The van der Waals surface area contributed by atoms with Crippen LogP contribution in [-0.4, -0.2) is 33.9 Å². The van der Waals surface area contributed by atoms with Crippen molar-refractivity contribution in [2.75, 3.05) is 5.75 Å². The van der Waals surface area contributed by atoms with Gasteiger partial charge in [-0.15, -0.1) is 0 Å². The van der Waals surface area contributed by atoms with Gasteiger partial charge in [-0.25, -0.2) is 4.79 Å². The molecule has 0 aliphatic rings. The minimum atomic E-state index is -1.11. The summed E-state index contributed by atoms with van der Waals surface area (Å²) in [4.78, 5) is 33.8. The Balaban J connectivity index is 3.49. The molecule has 0 spiro atoms. The average Bonchev–Trinajstić information content (AvgIpc) is 2.67. The summed E-state index contributed by atoms with van der Waals surface area (Å²) in [5.74, 6) is -1.43. The van der Waals surface area contributed by atoms with Crippen molar-refractivity contribution >= 4 is 28.8 Å². The summed E-state index contributed by atoms with van der Waals surface area (Å²) in [5, 5.41) is 11.3. The molecule has 2 N–H and O–H groups in total. The average molecular weight is 428 g/mol. The van der Waals surface area contributed by atoms with Crippen LogP contribution in [0.25, 0.3) is 0 Å². The van der Waals surface area contributed by atoms with Crippen molar-refractivity contribution in [2.24, 2.45) is 0 Å². The van der Waals surface area contributed by atoms with Crippen molar-refractivity contribution in [3.63, 3.8) is 0 Å². The second-order valence-electron chi connectivity index (χ2n) is 7.61. The van der Waals surface area contributed by atoms with E-state index in [-0.39, 0.29) is 10.9 Å². The van der Waals surface area contributed by atoms with E-state index in [0.717, 1.165) is 37.4 Å². The van der Waals surface area contributed by atoms with E-state index < -0.39 is 17.9 Å². The lowest BCUT2D eigenvalue weighted by atomic mass is 10.1. The Hall–Kier alpha value is -1.30. The molecule has 0 aromatic carbocycles. The highest BCUT2D eigenvalue weighted by molar-refractivity contribution is 8.13. The number of carboxylic acids is 1. The first-order valence-corrected chi connectivity index (χ1v) is 12.3. The third kappa shape index (κ3) is 19.8. The Morgan fingerprint density at radius 1 is 0.862 bits per heavy atom. The summed E-state index contributed by atoms with van der Waals surface area (Å²) in [6, 6.07) is -1.00. The topological polar surface area (TPSA) is 83.5 Å². The van der Waals surface area contributed by atoms with E-state index in [1.54, 1.807) is 0 Å². The van der Waals surface area contributed by atoms with E-state index in [0.29, 0.717) is 6.42 Å². The maximum Gasteiger partial charge on any atom is 0.327 e. The van der Waals surface area contributed by atoms with Gasteiger partial charge in [-0.05, 0) is 32.1 Å². The minimum absolute atomic E-state index is 0.000713. The lowest BCUT2D eigenvalue weighted by molar-refractivity contribution is -0.140. The van der Waals surface area contributed by atoms with Gasteiger partial charge in [-0.1, -0.05) is 82.2 Å². The van der Waals surface area contributed by atoms with Gasteiger partial charge in [0.2, 0.25) is 5.91 Å². The van der Waals surface area contributed by atoms with Crippen LogP contribution in [-0.2, 0) is 14.4 Å². The van der Waals surface area contributed by atoms with Crippen LogP contribution in [0.1, 0.15) is 104 Å². The van der Waals surface area contributed by atoms with E-state index in [2.05, 4.69) is 24.4 Å². The molecule has 0 fully saturated rings. The summed E-state index contributed by atoms with van der Waals surface area (Å²) in [6.07, 6.45) is 20.9. The molecule has 5 nitrogen and oxygen atoms in total. The van der Waals surface area contributed by atoms with Crippen LogP contribution in [0.2, 0.25) is 0 Å². The smallest absolute Gasteiger partial charge is 0.327 e. The number of allylic oxidation sites excluding steroid dienone is 2. The second kappa shape index (κ2) is 20.0. The van der Waals surface area contributed by atoms with Gasteiger partial charge in [0.25, 0.3) is 0 Å². The molecular formula is C23H41NO4S. The normalized spacial score (nSPS) is 12.2. The SMILES string of the molecule is CCCCCCCCC=CCCCCCCCC(=O)SCC(NC(C)=O)C(=O)O. The molecule has 0 aliphatic carbocycles. The molecule has 6 heteroatoms. The van der Waals surface area contributed by atoms with Gasteiger partial charge < -0.3 is 10.4 Å². The Kier molecular flexibility index (Phi) is 19.1. The molecular weight excluding hydrogens is 386 g/mol. The minimum Gasteiger partial charge on any atom is -0.480 e. The summed E-state index contributed by atoms with van der Waals surface area (Å²) >= 11 is 0.998. The van der Waals surface area contributed by atoms with Crippen molar-refractivity contribution in [1.82, 2.24) is 5.32 Å². The fourth-order valence-electron chi connectivity index (χ4n) is 3.01. The Morgan fingerprint density at radius 3 is 1.90 bits per heavy atom. The van der Waals surface area contributed by atoms with Gasteiger partial charge in [-0.3, -0.25) is 9.59 Å². The van der Waals surface area contributed by atoms with Crippen LogP contribution in [0, 0.1) is 0 Å². The van der Waals surface area contributed by atoms with Gasteiger partial charge in [0.15, 0.2) is 5.12 Å². The maximum absolute atomic E-state index is 11.8. The summed E-state index contributed by atoms with van der Waals surface area (Å²) in [5.41, 5.74) is 0. The van der Waals surface area contributed by atoms with Crippen LogP contribution >= 0.6 is 11.8 Å². The second-order valence-corrected chi connectivity index (χ2v) is 8.69. The summed E-state index contributed by atoms with van der Waals surface area (Å²) in [6.45, 7) is 3.52. The molecule has 0 radical (unpaired) electrons. The molecule has 1 atom stereocenters. The van der Waals surface area contributed by atoms with Crippen molar-refractivity contribution < 1.29 is 19.5 Å². The highest BCUT2D eigenvalue weighted by atomic mass is 32.2. The first-order valence-electron chi connectivity index (χ1n) is 11.3. The molecule has 168 valence electrons. The molecule has 1 amide bonds. The van der Waals surface area contributed by atoms with E-state index >= 15 is 0 Å². The molecule has 0 heterocycles. The number of amides is 1. The Bertz CT molecular complexity index is 479. The first kappa shape index (κ1) is 27.7. The number of nitrogens with one attached hydrogen (secondary N) is 1. The number of thioether (sulfide) groups is 1. The fourth-order valence-corrected chi connectivity index (χ4v) is 3.88. The third-order valence-electron chi connectivity index (χ3n) is 4.73. The zero-order valence-corrected chi connectivity index (χ0v) is 19.2. The predicted molar refractivity (Wildman–Crippen MR) is 122 cm³/mol. The van der Waals surface area contributed by atoms with Crippen molar-refractivity contribution in [1.29, 1.82) is 0 Å². The monoisotopic (exact) mass is 427 g/mol. The molecule has 0 saturated heterocycles. The number of hydrogen-bond acceptors (Lipinski definition) is 4. The number of carbonyl (C=O) groups is 3. The standard InChI is InChI=1S/C23H41NO4S/c1-3-4-5-6-7-8-9-10-11-12-13-14-15-16-17-18-22(26)29-19-21(23(27)28)24-20(2)25/h10-11,21H,3-9,12-19H2,1-2H3,(H,24,25)(H,27,28). The molecule has 1 unspecified atom stereocenters. The number of carboxylic acid groups (broad SMARTS) is 1. The van der Waals surface area contributed by atoms with Gasteiger partial charge in [0, 0.05) is 19.1 Å². The molecule has 0 aromatic heterocycles. The fraction of sp³-hybridized carbons (Fsp3) is 0.783. The molecule has 0 aromatic rings. The lowest BCUT2D eigenvalue weighted by Crippen LogP contribution is -2.41. The zero-order chi connectivity index (χ0) is 21.7. The third-order valence-corrected chi connectivity index (χ3v) is 5.76.